The summed E-state index contributed by atoms with van der Waals surface area (Å²) in [5.41, 5.74) is 5.92. The average molecular weight is 187 g/mol. The summed E-state index contributed by atoms with van der Waals surface area (Å²) < 4.78 is 25.3. The number of aliphatic hydroxyl groups excluding tert-OH is 1. The van der Waals surface area contributed by atoms with E-state index in [0.717, 1.165) is 6.07 Å². The van der Waals surface area contributed by atoms with Gasteiger partial charge in [0, 0.05) is 18.7 Å². The van der Waals surface area contributed by atoms with Crippen molar-refractivity contribution in [1.82, 2.24) is 0 Å². The van der Waals surface area contributed by atoms with E-state index in [2.05, 4.69) is 0 Å². The van der Waals surface area contributed by atoms with Crippen LogP contribution in [0.4, 0.5) is 8.78 Å². The normalized spacial score (nSPS) is 12.9. The summed E-state index contributed by atoms with van der Waals surface area (Å²) in [6.45, 7) is -0.0979. The summed E-state index contributed by atoms with van der Waals surface area (Å²) in [5.74, 6) is -1.30. The van der Waals surface area contributed by atoms with E-state index < -0.39 is 17.7 Å². The molecule has 4 heteroatoms. The molecule has 0 fully saturated rings. The Morgan fingerprint density at radius 2 is 1.77 bits per heavy atom. The Morgan fingerprint density at radius 1 is 1.23 bits per heavy atom. The lowest BCUT2D eigenvalue weighted by Crippen LogP contribution is -2.12. The van der Waals surface area contributed by atoms with Gasteiger partial charge < -0.3 is 10.8 Å². The first kappa shape index (κ1) is 10.1. The van der Waals surface area contributed by atoms with E-state index in [1.165, 1.54) is 12.1 Å². The van der Waals surface area contributed by atoms with E-state index in [0.29, 0.717) is 12.0 Å². The molecule has 1 aromatic rings. The zero-order chi connectivity index (χ0) is 9.84. The Kier molecular flexibility index (Phi) is 3.33. The molecule has 0 heterocycles. The number of hydrogen-bond acceptors (Lipinski definition) is 2. The second kappa shape index (κ2) is 4.30. The molecule has 0 bridgehead atoms. The van der Waals surface area contributed by atoms with Crippen LogP contribution in [0.15, 0.2) is 18.2 Å². The van der Waals surface area contributed by atoms with Crippen molar-refractivity contribution in [3.8, 4) is 0 Å². The highest BCUT2D eigenvalue weighted by Crippen LogP contribution is 2.16. The second-order valence-electron chi connectivity index (χ2n) is 2.82. The number of aliphatic hydroxyl groups is 1. The zero-order valence-electron chi connectivity index (χ0n) is 7.00. The van der Waals surface area contributed by atoms with Crippen molar-refractivity contribution in [3.63, 3.8) is 0 Å². The second-order valence-corrected chi connectivity index (χ2v) is 2.82. The summed E-state index contributed by atoms with van der Waals surface area (Å²) >= 11 is 0. The van der Waals surface area contributed by atoms with Crippen molar-refractivity contribution in [3.05, 3.63) is 35.4 Å². The van der Waals surface area contributed by atoms with Crippen LogP contribution in [0.1, 0.15) is 18.0 Å². The Labute approximate surface area is 75.0 Å². The lowest BCUT2D eigenvalue weighted by atomic mass is 10.1. The largest absolute Gasteiger partial charge is 0.396 e. The van der Waals surface area contributed by atoms with Gasteiger partial charge in [-0.25, -0.2) is 8.78 Å². The van der Waals surface area contributed by atoms with E-state index >= 15 is 0 Å². The van der Waals surface area contributed by atoms with Gasteiger partial charge in [-0.3, -0.25) is 0 Å². The summed E-state index contributed by atoms with van der Waals surface area (Å²) in [7, 11) is 0. The Bertz CT molecular complexity index is 271. The third-order valence-corrected chi connectivity index (χ3v) is 1.75. The molecule has 0 amide bonds. The molecule has 0 unspecified atom stereocenters. The molecule has 0 aromatic heterocycles. The highest BCUT2D eigenvalue weighted by molar-refractivity contribution is 5.20. The first-order valence-corrected chi connectivity index (χ1v) is 3.96. The van der Waals surface area contributed by atoms with Crippen LogP contribution in [-0.4, -0.2) is 11.7 Å². The van der Waals surface area contributed by atoms with Crippen LogP contribution >= 0.6 is 0 Å². The van der Waals surface area contributed by atoms with Crippen LogP contribution in [0.2, 0.25) is 0 Å². The third kappa shape index (κ3) is 2.75. The minimum atomic E-state index is -0.650. The minimum absolute atomic E-state index is 0.0979. The highest BCUT2D eigenvalue weighted by atomic mass is 19.1. The Balaban J connectivity index is 2.87. The molecule has 13 heavy (non-hydrogen) atoms. The van der Waals surface area contributed by atoms with E-state index in [1.807, 2.05) is 0 Å². The molecule has 1 aromatic carbocycles. The fourth-order valence-electron chi connectivity index (χ4n) is 1.09. The topological polar surface area (TPSA) is 46.2 Å². The van der Waals surface area contributed by atoms with Gasteiger partial charge in [-0.15, -0.1) is 0 Å². The maximum atomic E-state index is 12.7. The molecule has 72 valence electrons. The molecule has 0 spiro atoms. The Hall–Kier alpha value is -1.00. The van der Waals surface area contributed by atoms with Gasteiger partial charge in [-0.2, -0.15) is 0 Å². The first-order chi connectivity index (χ1) is 6.13. The fraction of sp³-hybridized carbons (Fsp3) is 0.333. The van der Waals surface area contributed by atoms with Gasteiger partial charge in [-0.1, -0.05) is 0 Å². The smallest absolute Gasteiger partial charge is 0.126 e. The molecule has 1 rings (SSSR count). The molecule has 3 N–H and O–H groups in total. The lowest BCUT2D eigenvalue weighted by molar-refractivity contribution is 0.276. The number of halogens is 2. The van der Waals surface area contributed by atoms with Crippen molar-refractivity contribution in [2.75, 3.05) is 6.61 Å². The standard InChI is InChI=1S/C9H11F2NO/c10-7-3-6(4-8(11)5-7)9(12)1-2-13/h3-5,9,13H,1-2,12H2/t9-/m1/s1. The lowest BCUT2D eigenvalue weighted by Gasteiger charge is -2.10. The molecule has 2 nitrogen and oxygen atoms in total. The fourth-order valence-corrected chi connectivity index (χ4v) is 1.09. The molecule has 0 saturated heterocycles. The van der Waals surface area contributed by atoms with Crippen LogP contribution in [0.25, 0.3) is 0 Å². The number of nitrogens with two attached hydrogens (primary N) is 1. The van der Waals surface area contributed by atoms with Gasteiger partial charge in [0.1, 0.15) is 11.6 Å². The van der Waals surface area contributed by atoms with Gasteiger partial charge in [0.15, 0.2) is 0 Å². The zero-order valence-corrected chi connectivity index (χ0v) is 7.00. The van der Waals surface area contributed by atoms with Crippen LogP contribution < -0.4 is 5.73 Å². The summed E-state index contributed by atoms with van der Waals surface area (Å²) in [6.07, 6.45) is 0.295. The van der Waals surface area contributed by atoms with Crippen molar-refractivity contribution < 1.29 is 13.9 Å². The average Bonchev–Trinajstić information content (AvgIpc) is 2.03. The Morgan fingerprint density at radius 3 is 2.23 bits per heavy atom. The molecule has 0 saturated carbocycles. The van der Waals surface area contributed by atoms with E-state index in [9.17, 15) is 8.78 Å². The van der Waals surface area contributed by atoms with Crippen molar-refractivity contribution in [2.45, 2.75) is 12.5 Å². The maximum absolute atomic E-state index is 12.7. The van der Waals surface area contributed by atoms with Crippen LogP contribution in [0.5, 0.6) is 0 Å². The predicted molar refractivity (Wildman–Crippen MR) is 45.0 cm³/mol. The number of benzene rings is 1. The highest BCUT2D eigenvalue weighted by Gasteiger charge is 2.07. The number of rotatable bonds is 3. The minimum Gasteiger partial charge on any atom is -0.396 e. The number of hydrogen-bond donors (Lipinski definition) is 2. The van der Waals surface area contributed by atoms with Crippen LogP contribution in [0.3, 0.4) is 0 Å². The maximum Gasteiger partial charge on any atom is 0.126 e. The van der Waals surface area contributed by atoms with Gasteiger partial charge in [0.2, 0.25) is 0 Å². The monoisotopic (exact) mass is 187 g/mol. The molecule has 0 aliphatic heterocycles. The molecule has 0 aliphatic rings. The van der Waals surface area contributed by atoms with Crippen LogP contribution in [0, 0.1) is 11.6 Å². The molecule has 0 radical (unpaired) electrons. The summed E-state index contributed by atoms with van der Waals surface area (Å²) in [6, 6.07) is 2.61. The molecular formula is C9H11F2NO. The van der Waals surface area contributed by atoms with Gasteiger partial charge in [0.05, 0.1) is 0 Å². The molecule has 1 atom stereocenters. The predicted octanol–water partition coefficient (Wildman–Crippen LogP) is 1.35. The van der Waals surface area contributed by atoms with Crippen molar-refractivity contribution >= 4 is 0 Å². The van der Waals surface area contributed by atoms with Crippen molar-refractivity contribution in [2.24, 2.45) is 5.73 Å². The van der Waals surface area contributed by atoms with Crippen molar-refractivity contribution in [1.29, 1.82) is 0 Å². The third-order valence-electron chi connectivity index (χ3n) is 1.75. The van der Waals surface area contributed by atoms with Gasteiger partial charge in [-0.05, 0) is 24.1 Å². The van der Waals surface area contributed by atoms with E-state index in [4.69, 9.17) is 10.8 Å². The van der Waals surface area contributed by atoms with E-state index in [-0.39, 0.29) is 6.61 Å². The first-order valence-electron chi connectivity index (χ1n) is 3.96. The quantitative estimate of drug-likeness (QED) is 0.750. The van der Waals surface area contributed by atoms with Crippen LogP contribution in [-0.2, 0) is 0 Å². The summed E-state index contributed by atoms with van der Waals surface area (Å²) in [5, 5.41) is 8.57. The molecule has 0 aliphatic carbocycles. The molecular weight excluding hydrogens is 176 g/mol. The van der Waals surface area contributed by atoms with E-state index in [1.54, 1.807) is 0 Å². The van der Waals surface area contributed by atoms with Gasteiger partial charge >= 0.3 is 0 Å². The van der Waals surface area contributed by atoms with Gasteiger partial charge in [0.25, 0.3) is 0 Å². The summed E-state index contributed by atoms with van der Waals surface area (Å²) in [4.78, 5) is 0. The SMILES string of the molecule is N[C@H](CCO)c1cc(F)cc(F)c1.